The molecule has 0 unspecified atom stereocenters. The highest BCUT2D eigenvalue weighted by atomic mass is 19.2. The summed E-state index contributed by atoms with van der Waals surface area (Å²) in [5.74, 6) is -4.61. The maximum Gasteiger partial charge on any atom is 0.194 e. The summed E-state index contributed by atoms with van der Waals surface area (Å²) in [5, 5.41) is 0. The van der Waals surface area contributed by atoms with E-state index in [4.69, 9.17) is 9.47 Å². The van der Waals surface area contributed by atoms with E-state index < -0.39 is 35.4 Å². The molecule has 2 aromatic rings. The van der Waals surface area contributed by atoms with Gasteiger partial charge in [-0.1, -0.05) is 25.5 Å². The van der Waals surface area contributed by atoms with Crippen LogP contribution in [0.1, 0.15) is 68.1 Å². The van der Waals surface area contributed by atoms with E-state index in [1.807, 2.05) is 6.92 Å². The van der Waals surface area contributed by atoms with Crippen molar-refractivity contribution in [2.75, 3.05) is 13.2 Å². The van der Waals surface area contributed by atoms with Gasteiger partial charge in [0.15, 0.2) is 35.4 Å². The molecule has 7 heteroatoms. The van der Waals surface area contributed by atoms with Gasteiger partial charge in [-0.3, -0.25) is 0 Å². The van der Waals surface area contributed by atoms with E-state index in [2.05, 4.69) is 0 Å². The maximum atomic E-state index is 14.6. The topological polar surface area (TPSA) is 18.5 Å². The van der Waals surface area contributed by atoms with Crippen molar-refractivity contribution in [3.63, 3.8) is 0 Å². The first-order valence-electron chi connectivity index (χ1n) is 12.2. The van der Waals surface area contributed by atoms with Gasteiger partial charge in [0.05, 0.1) is 13.2 Å². The Balaban J connectivity index is 1.24. The molecule has 2 fully saturated rings. The van der Waals surface area contributed by atoms with E-state index in [0.717, 1.165) is 44.2 Å². The molecule has 1 saturated carbocycles. The van der Waals surface area contributed by atoms with Gasteiger partial charge in [-0.15, -0.1) is 0 Å². The third kappa shape index (κ3) is 5.62. The minimum Gasteiger partial charge on any atom is -0.352 e. The first-order chi connectivity index (χ1) is 16.4. The molecule has 0 N–H and O–H groups in total. The predicted molar refractivity (Wildman–Crippen MR) is 119 cm³/mol. The lowest BCUT2D eigenvalue weighted by atomic mass is 9.73. The molecule has 186 valence electrons. The molecule has 1 aliphatic carbocycles. The van der Waals surface area contributed by atoms with E-state index >= 15 is 0 Å². The summed E-state index contributed by atoms with van der Waals surface area (Å²) < 4.78 is 80.5. The molecule has 0 atom stereocenters. The third-order valence-electron chi connectivity index (χ3n) is 7.29. The Morgan fingerprint density at radius 1 is 0.765 bits per heavy atom. The lowest BCUT2D eigenvalue weighted by molar-refractivity contribution is -0.211. The summed E-state index contributed by atoms with van der Waals surface area (Å²) in [6.07, 6.45) is 4.98. The predicted octanol–water partition coefficient (Wildman–Crippen LogP) is 7.23. The number of ether oxygens (including phenoxy) is 2. The minimum atomic E-state index is -1.46. The Morgan fingerprint density at radius 2 is 1.41 bits per heavy atom. The second kappa shape index (κ2) is 11.2. The second-order valence-electron chi connectivity index (χ2n) is 9.57. The lowest BCUT2D eigenvalue weighted by Gasteiger charge is -2.38. The quantitative estimate of drug-likeness (QED) is 0.306. The number of hydrogen-bond donors (Lipinski definition) is 0. The van der Waals surface area contributed by atoms with E-state index in [0.29, 0.717) is 55.1 Å². The molecule has 2 aliphatic rings. The van der Waals surface area contributed by atoms with Crippen LogP contribution in [-0.2, 0) is 22.3 Å². The fraction of sp³-hybridized carbons (Fsp3) is 0.556. The highest BCUT2D eigenvalue weighted by Crippen LogP contribution is 2.41. The van der Waals surface area contributed by atoms with Gasteiger partial charge in [0.1, 0.15) is 0 Å². The van der Waals surface area contributed by atoms with Crippen LogP contribution in [0.4, 0.5) is 22.0 Å². The number of halogens is 5. The van der Waals surface area contributed by atoms with Gasteiger partial charge < -0.3 is 9.47 Å². The zero-order valence-corrected chi connectivity index (χ0v) is 19.4. The number of rotatable bonds is 7. The first-order valence-corrected chi connectivity index (χ1v) is 12.2. The van der Waals surface area contributed by atoms with Gasteiger partial charge >= 0.3 is 0 Å². The minimum absolute atomic E-state index is 0.0242. The normalized spacial score (nSPS) is 25.5. The van der Waals surface area contributed by atoms with Gasteiger partial charge in [-0.25, -0.2) is 22.0 Å². The largest absolute Gasteiger partial charge is 0.352 e. The summed E-state index contributed by atoms with van der Waals surface area (Å²) in [7, 11) is 0. The second-order valence-corrected chi connectivity index (χ2v) is 9.57. The van der Waals surface area contributed by atoms with Crippen molar-refractivity contribution in [3.05, 3.63) is 70.0 Å². The van der Waals surface area contributed by atoms with Crippen molar-refractivity contribution in [3.8, 4) is 0 Å². The molecule has 4 rings (SSSR count). The lowest BCUT2D eigenvalue weighted by Crippen LogP contribution is -2.37. The van der Waals surface area contributed by atoms with Gasteiger partial charge in [-0.2, -0.15) is 0 Å². The first kappa shape index (κ1) is 25.1. The van der Waals surface area contributed by atoms with Crippen LogP contribution in [0.15, 0.2) is 24.3 Å². The van der Waals surface area contributed by atoms with Crippen LogP contribution in [0.5, 0.6) is 0 Å². The zero-order chi connectivity index (χ0) is 24.2. The van der Waals surface area contributed by atoms with Crippen LogP contribution >= 0.6 is 0 Å². The summed E-state index contributed by atoms with van der Waals surface area (Å²) in [6, 6.07) is 5.47. The van der Waals surface area contributed by atoms with Crippen LogP contribution in [0.25, 0.3) is 0 Å². The molecule has 2 nitrogen and oxygen atoms in total. The molecular formula is C27H31F5O2. The molecule has 0 spiro atoms. The molecule has 2 aromatic carbocycles. The highest BCUT2D eigenvalue weighted by Gasteiger charge is 2.33. The molecule has 1 aliphatic heterocycles. The van der Waals surface area contributed by atoms with Crippen molar-refractivity contribution in [1.82, 2.24) is 0 Å². The smallest absolute Gasteiger partial charge is 0.194 e. The van der Waals surface area contributed by atoms with Crippen LogP contribution < -0.4 is 0 Å². The van der Waals surface area contributed by atoms with Crippen molar-refractivity contribution in [2.24, 2.45) is 11.8 Å². The van der Waals surface area contributed by atoms with E-state index in [1.54, 1.807) is 12.1 Å². The zero-order valence-electron chi connectivity index (χ0n) is 19.4. The van der Waals surface area contributed by atoms with Crippen molar-refractivity contribution in [2.45, 2.75) is 70.5 Å². The van der Waals surface area contributed by atoms with Gasteiger partial charge in [-0.05, 0) is 79.2 Å². The van der Waals surface area contributed by atoms with E-state index in [9.17, 15) is 22.0 Å². The molecule has 1 heterocycles. The monoisotopic (exact) mass is 482 g/mol. The standard InChI is InChI=1S/C27H31F5O2/c1-2-3-19-9-10-21(26(31)25(19)30)18-7-5-17(6-8-18)20-14-33-24(34-15-20)11-4-16-12-22(28)27(32)23(29)13-16/h9-10,12-13,17-18,20,24H,2-8,11,14-15H2,1H3. The summed E-state index contributed by atoms with van der Waals surface area (Å²) in [4.78, 5) is 0. The van der Waals surface area contributed by atoms with E-state index in [-0.39, 0.29) is 11.8 Å². The van der Waals surface area contributed by atoms with Crippen molar-refractivity contribution >= 4 is 0 Å². The van der Waals surface area contributed by atoms with Gasteiger partial charge in [0.25, 0.3) is 0 Å². The molecule has 0 aromatic heterocycles. The Labute approximate surface area is 197 Å². The Morgan fingerprint density at radius 3 is 2.03 bits per heavy atom. The fourth-order valence-electron chi connectivity index (χ4n) is 5.32. The third-order valence-corrected chi connectivity index (χ3v) is 7.29. The molecule has 1 saturated heterocycles. The summed E-state index contributed by atoms with van der Waals surface area (Å²) in [5.41, 5.74) is 1.29. The average molecular weight is 483 g/mol. The van der Waals surface area contributed by atoms with Crippen LogP contribution in [0, 0.1) is 40.9 Å². The molecule has 0 amide bonds. The SMILES string of the molecule is CCCc1ccc(C2CCC(C3COC(CCc4cc(F)c(F)c(F)c4)OC3)CC2)c(F)c1F. The summed E-state index contributed by atoms with van der Waals surface area (Å²) in [6.45, 7) is 3.00. The summed E-state index contributed by atoms with van der Waals surface area (Å²) >= 11 is 0. The highest BCUT2D eigenvalue weighted by molar-refractivity contribution is 5.29. The Kier molecular flexibility index (Phi) is 8.25. The number of aryl methyl sites for hydroxylation is 2. The van der Waals surface area contributed by atoms with Crippen molar-refractivity contribution in [1.29, 1.82) is 0 Å². The Bertz CT molecular complexity index is 956. The molecular weight excluding hydrogens is 451 g/mol. The number of benzene rings is 2. The van der Waals surface area contributed by atoms with Crippen LogP contribution in [0.3, 0.4) is 0 Å². The molecule has 0 radical (unpaired) electrons. The van der Waals surface area contributed by atoms with Gasteiger partial charge in [0.2, 0.25) is 0 Å². The maximum absolute atomic E-state index is 14.6. The van der Waals surface area contributed by atoms with Crippen LogP contribution in [-0.4, -0.2) is 19.5 Å². The number of hydrogen-bond acceptors (Lipinski definition) is 2. The van der Waals surface area contributed by atoms with Gasteiger partial charge in [0, 0.05) is 12.3 Å². The van der Waals surface area contributed by atoms with Crippen LogP contribution in [0.2, 0.25) is 0 Å². The molecule has 0 bridgehead atoms. The average Bonchev–Trinajstić information content (AvgIpc) is 2.85. The van der Waals surface area contributed by atoms with Crippen molar-refractivity contribution < 1.29 is 31.4 Å². The Hall–Kier alpha value is -1.99. The fourth-order valence-corrected chi connectivity index (χ4v) is 5.32. The van der Waals surface area contributed by atoms with E-state index in [1.165, 1.54) is 0 Å². The molecule has 34 heavy (non-hydrogen) atoms.